The van der Waals surface area contributed by atoms with Crippen molar-refractivity contribution in [3.05, 3.63) is 65.3 Å². The van der Waals surface area contributed by atoms with E-state index in [9.17, 15) is 9.59 Å². The van der Waals surface area contributed by atoms with E-state index in [1.807, 2.05) is 34.9 Å². The smallest absolute Gasteiger partial charge is 0.230 e. The quantitative estimate of drug-likeness (QED) is 0.694. The Morgan fingerprint density at radius 1 is 1.35 bits per heavy atom. The molecule has 2 amide bonds. The van der Waals surface area contributed by atoms with Crippen LogP contribution in [0.4, 0.5) is 0 Å². The maximum absolute atomic E-state index is 13.5. The third kappa shape index (κ3) is 3.10. The molecule has 0 radical (unpaired) electrons. The van der Waals surface area contributed by atoms with Crippen LogP contribution in [0.25, 0.3) is 0 Å². The van der Waals surface area contributed by atoms with Gasteiger partial charge in [-0.15, -0.1) is 0 Å². The number of aryl methyl sites for hydroxylation is 3. The van der Waals surface area contributed by atoms with Crippen molar-refractivity contribution in [2.45, 2.75) is 38.6 Å². The molecule has 3 aliphatic heterocycles. The third-order valence-electron chi connectivity index (χ3n) is 7.01. The molecule has 5 rings (SSSR count). The van der Waals surface area contributed by atoms with Gasteiger partial charge in [-0.3, -0.25) is 9.59 Å². The lowest BCUT2D eigenvalue weighted by atomic mass is 9.76. The van der Waals surface area contributed by atoms with Gasteiger partial charge in [0.25, 0.3) is 0 Å². The summed E-state index contributed by atoms with van der Waals surface area (Å²) in [7, 11) is 3.68. The monoisotopic (exact) mass is 420 g/mol. The molecule has 2 bridgehead atoms. The maximum atomic E-state index is 13.5. The first-order valence-corrected chi connectivity index (χ1v) is 10.7. The van der Waals surface area contributed by atoms with Crippen molar-refractivity contribution in [3.8, 4) is 0 Å². The van der Waals surface area contributed by atoms with E-state index in [2.05, 4.69) is 37.0 Å². The molecule has 1 spiro atoms. The van der Waals surface area contributed by atoms with Gasteiger partial charge in [0.15, 0.2) is 0 Å². The lowest BCUT2D eigenvalue weighted by Gasteiger charge is -2.27. The highest BCUT2D eigenvalue weighted by atomic mass is 16.5. The molecule has 31 heavy (non-hydrogen) atoms. The van der Waals surface area contributed by atoms with Crippen molar-refractivity contribution in [1.82, 2.24) is 19.4 Å². The molecule has 1 aromatic carbocycles. The number of aromatic nitrogens is 2. The van der Waals surface area contributed by atoms with Gasteiger partial charge in [-0.25, -0.2) is 4.98 Å². The van der Waals surface area contributed by atoms with Crippen LogP contribution in [-0.2, 0) is 34.5 Å². The SMILES string of the molecule is Cc1ccc(C)c(CN2C[C@@]34C=C[C@@H](O3)C(C(=O)N(C)Cc3nccn3C)C4C2=O)c1. The number of imidazole rings is 1. The van der Waals surface area contributed by atoms with Gasteiger partial charge in [-0.2, -0.15) is 0 Å². The highest BCUT2D eigenvalue weighted by Gasteiger charge is 2.67. The second-order valence-corrected chi connectivity index (χ2v) is 9.17. The van der Waals surface area contributed by atoms with Crippen LogP contribution in [0.5, 0.6) is 0 Å². The fourth-order valence-electron chi connectivity index (χ4n) is 5.26. The maximum Gasteiger partial charge on any atom is 0.230 e. The number of hydrogen-bond acceptors (Lipinski definition) is 4. The zero-order valence-corrected chi connectivity index (χ0v) is 18.4. The van der Waals surface area contributed by atoms with Crippen molar-refractivity contribution in [2.24, 2.45) is 18.9 Å². The highest BCUT2D eigenvalue weighted by Crippen LogP contribution is 2.52. The number of carbonyl (C=O) groups is 2. The Morgan fingerprint density at radius 2 is 2.16 bits per heavy atom. The summed E-state index contributed by atoms with van der Waals surface area (Å²) in [5.41, 5.74) is 2.78. The van der Waals surface area contributed by atoms with Gasteiger partial charge < -0.3 is 19.1 Å². The highest BCUT2D eigenvalue weighted by molar-refractivity contribution is 5.93. The minimum Gasteiger partial charge on any atom is -0.360 e. The summed E-state index contributed by atoms with van der Waals surface area (Å²) in [6.45, 7) is 5.55. The molecule has 1 aromatic heterocycles. The zero-order valence-electron chi connectivity index (χ0n) is 18.4. The first kappa shape index (κ1) is 20.0. The van der Waals surface area contributed by atoms with Crippen LogP contribution in [-0.4, -0.2) is 56.5 Å². The van der Waals surface area contributed by atoms with Gasteiger partial charge in [0.05, 0.1) is 31.0 Å². The summed E-state index contributed by atoms with van der Waals surface area (Å²) >= 11 is 0. The molecule has 3 aliphatic rings. The van der Waals surface area contributed by atoms with Crippen LogP contribution in [0.2, 0.25) is 0 Å². The van der Waals surface area contributed by atoms with E-state index in [-0.39, 0.29) is 17.9 Å². The Morgan fingerprint density at radius 3 is 2.90 bits per heavy atom. The van der Waals surface area contributed by atoms with E-state index in [4.69, 9.17) is 4.74 Å². The van der Waals surface area contributed by atoms with E-state index in [1.54, 1.807) is 18.1 Å². The molecule has 4 atom stereocenters. The van der Waals surface area contributed by atoms with Crippen LogP contribution in [0.15, 0.2) is 42.7 Å². The van der Waals surface area contributed by atoms with Gasteiger partial charge in [-0.1, -0.05) is 35.9 Å². The number of fused-ring (bicyclic) bond motifs is 1. The van der Waals surface area contributed by atoms with Gasteiger partial charge in [0.2, 0.25) is 11.8 Å². The number of nitrogens with zero attached hydrogens (tertiary/aromatic N) is 4. The largest absolute Gasteiger partial charge is 0.360 e. The molecule has 7 nitrogen and oxygen atoms in total. The Hall–Kier alpha value is -2.93. The fourth-order valence-corrected chi connectivity index (χ4v) is 5.26. The van der Waals surface area contributed by atoms with Crippen LogP contribution >= 0.6 is 0 Å². The molecule has 0 saturated carbocycles. The summed E-state index contributed by atoms with van der Waals surface area (Å²) in [4.78, 5) is 34.8. The number of carbonyl (C=O) groups excluding carboxylic acids is 2. The fraction of sp³-hybridized carbons (Fsp3) is 0.458. The number of likely N-dealkylation sites (tertiary alicyclic amines) is 1. The molecule has 0 aliphatic carbocycles. The molecule has 2 unspecified atom stereocenters. The number of amides is 2. The Balaban J connectivity index is 1.38. The summed E-state index contributed by atoms with van der Waals surface area (Å²) in [5.74, 6) is -0.211. The Bertz CT molecular complexity index is 1090. The van der Waals surface area contributed by atoms with Gasteiger partial charge >= 0.3 is 0 Å². The summed E-state index contributed by atoms with van der Waals surface area (Å²) < 4.78 is 8.18. The summed E-state index contributed by atoms with van der Waals surface area (Å²) in [6, 6.07) is 6.30. The molecular weight excluding hydrogens is 392 g/mol. The van der Waals surface area contributed by atoms with Crippen LogP contribution < -0.4 is 0 Å². The molecule has 7 heteroatoms. The predicted molar refractivity (Wildman–Crippen MR) is 115 cm³/mol. The first-order valence-electron chi connectivity index (χ1n) is 10.7. The molecule has 2 fully saturated rings. The standard InChI is InChI=1S/C24H28N4O3/c1-15-5-6-16(2)17(11-15)12-28-14-24-8-7-18(31-24)20(21(24)23(28)30)22(29)27(4)13-19-25-9-10-26(19)3/h5-11,18,20-21H,12-14H2,1-4H3/t18-,20?,21?,24-/m1/s1. The molecule has 162 valence electrons. The average molecular weight is 421 g/mol. The van der Waals surface area contributed by atoms with Crippen molar-refractivity contribution in [2.75, 3.05) is 13.6 Å². The van der Waals surface area contributed by atoms with Gasteiger partial charge in [0, 0.05) is 33.0 Å². The van der Waals surface area contributed by atoms with Gasteiger partial charge in [-0.05, 0) is 25.0 Å². The molecule has 4 heterocycles. The minimum absolute atomic E-state index is 0.0106. The lowest BCUT2D eigenvalue weighted by Crippen LogP contribution is -2.44. The molecule has 0 N–H and O–H groups in total. The van der Waals surface area contributed by atoms with Gasteiger partial charge in [0.1, 0.15) is 11.4 Å². The number of hydrogen-bond donors (Lipinski definition) is 0. The summed E-state index contributed by atoms with van der Waals surface area (Å²) in [6.07, 6.45) is 7.21. The predicted octanol–water partition coefficient (Wildman–Crippen LogP) is 1.98. The normalized spacial score (nSPS) is 28.5. The molecule has 2 saturated heterocycles. The topological polar surface area (TPSA) is 67.7 Å². The summed E-state index contributed by atoms with van der Waals surface area (Å²) in [5, 5.41) is 0. The Labute approximate surface area is 182 Å². The third-order valence-corrected chi connectivity index (χ3v) is 7.01. The van der Waals surface area contributed by atoms with Crippen LogP contribution in [0.1, 0.15) is 22.5 Å². The van der Waals surface area contributed by atoms with Crippen molar-refractivity contribution < 1.29 is 14.3 Å². The van der Waals surface area contributed by atoms with Crippen LogP contribution in [0, 0.1) is 25.7 Å². The second kappa shape index (κ2) is 7.05. The number of rotatable bonds is 5. The zero-order chi connectivity index (χ0) is 21.9. The number of benzene rings is 1. The van der Waals surface area contributed by atoms with Crippen molar-refractivity contribution >= 4 is 11.8 Å². The minimum atomic E-state index is -0.691. The molecule has 2 aromatic rings. The second-order valence-electron chi connectivity index (χ2n) is 9.17. The van der Waals surface area contributed by atoms with E-state index in [0.29, 0.717) is 19.6 Å². The van der Waals surface area contributed by atoms with E-state index in [0.717, 1.165) is 17.0 Å². The molecular formula is C24H28N4O3. The first-order chi connectivity index (χ1) is 14.8. The lowest BCUT2D eigenvalue weighted by molar-refractivity contribution is -0.143. The van der Waals surface area contributed by atoms with E-state index >= 15 is 0 Å². The number of ether oxygens (including phenoxy) is 1. The van der Waals surface area contributed by atoms with Crippen LogP contribution in [0.3, 0.4) is 0 Å². The Kier molecular flexibility index (Phi) is 4.55. The average Bonchev–Trinajstić information content (AvgIpc) is 3.47. The van der Waals surface area contributed by atoms with Crippen molar-refractivity contribution in [3.63, 3.8) is 0 Å². The van der Waals surface area contributed by atoms with E-state index < -0.39 is 17.4 Å². The van der Waals surface area contributed by atoms with E-state index in [1.165, 1.54) is 5.56 Å². The van der Waals surface area contributed by atoms with Crippen molar-refractivity contribution in [1.29, 1.82) is 0 Å².